The van der Waals surface area contributed by atoms with Gasteiger partial charge in [-0.2, -0.15) is 0 Å². The molecule has 0 aliphatic carbocycles. The summed E-state index contributed by atoms with van der Waals surface area (Å²) in [6, 6.07) is 11.7. The number of nitrogens with zero attached hydrogens (tertiary/aromatic N) is 3. The summed E-state index contributed by atoms with van der Waals surface area (Å²) in [6.07, 6.45) is 3.72. The molecule has 1 N–H and O–H groups in total. The Balaban J connectivity index is 1.44. The molecule has 7 heteroatoms. The minimum atomic E-state index is -3.50. The second-order valence-corrected chi connectivity index (χ2v) is 8.88. The summed E-state index contributed by atoms with van der Waals surface area (Å²) in [5.74, 6) is 0. The second-order valence-electron chi connectivity index (χ2n) is 7.17. The third-order valence-electron chi connectivity index (χ3n) is 4.92. The topological polar surface area (TPSA) is 65.5 Å². The van der Waals surface area contributed by atoms with Gasteiger partial charge in [-0.1, -0.05) is 12.1 Å². The average molecular weight is 389 g/mol. The van der Waals surface area contributed by atoms with Crippen LogP contribution in [0.2, 0.25) is 0 Å². The van der Waals surface area contributed by atoms with E-state index >= 15 is 0 Å². The van der Waals surface area contributed by atoms with Crippen molar-refractivity contribution >= 4 is 15.7 Å². The number of sulfonamides is 1. The van der Waals surface area contributed by atoms with Crippen LogP contribution in [0.4, 0.5) is 5.69 Å². The van der Waals surface area contributed by atoms with Crippen LogP contribution in [0, 0.1) is 6.92 Å². The number of pyridine rings is 1. The van der Waals surface area contributed by atoms with E-state index in [2.05, 4.69) is 50.7 Å². The number of nitrogens with one attached hydrogen (secondary N) is 1. The fraction of sp³-hybridized carbons (Fsp3) is 0.450. The molecular weight excluding hydrogens is 360 g/mol. The summed E-state index contributed by atoms with van der Waals surface area (Å²) in [6.45, 7) is 8.91. The number of aromatic nitrogens is 1. The number of piperazine rings is 1. The Morgan fingerprint density at radius 1 is 1.15 bits per heavy atom. The van der Waals surface area contributed by atoms with Crippen molar-refractivity contribution in [2.45, 2.75) is 31.2 Å². The van der Waals surface area contributed by atoms with E-state index in [-0.39, 0.29) is 10.9 Å². The van der Waals surface area contributed by atoms with Gasteiger partial charge in [0.25, 0.3) is 0 Å². The highest BCUT2D eigenvalue weighted by molar-refractivity contribution is 7.89. The zero-order valence-corrected chi connectivity index (χ0v) is 16.8. The Kier molecular flexibility index (Phi) is 6.46. The summed E-state index contributed by atoms with van der Waals surface area (Å²) in [5, 5.41) is 0. The maximum atomic E-state index is 12.3. The van der Waals surface area contributed by atoms with Gasteiger partial charge in [-0.05, 0) is 56.6 Å². The first-order valence-electron chi connectivity index (χ1n) is 9.40. The Hall–Kier alpha value is -1.96. The van der Waals surface area contributed by atoms with Gasteiger partial charge >= 0.3 is 0 Å². The van der Waals surface area contributed by atoms with E-state index in [0.717, 1.165) is 39.1 Å². The lowest BCUT2D eigenvalue weighted by Gasteiger charge is -2.36. The first kappa shape index (κ1) is 19.8. The molecule has 1 aromatic carbocycles. The van der Waals surface area contributed by atoms with Crippen LogP contribution >= 0.6 is 0 Å². The minimum absolute atomic E-state index is 0.120. The largest absolute Gasteiger partial charge is 0.369 e. The van der Waals surface area contributed by atoms with Gasteiger partial charge in [-0.25, -0.2) is 13.1 Å². The summed E-state index contributed by atoms with van der Waals surface area (Å²) in [5.41, 5.74) is 2.57. The van der Waals surface area contributed by atoms with Crippen LogP contribution < -0.4 is 9.62 Å². The van der Waals surface area contributed by atoms with E-state index in [0.29, 0.717) is 0 Å². The molecule has 2 heterocycles. The molecule has 1 saturated heterocycles. The zero-order valence-electron chi connectivity index (χ0n) is 16.0. The molecular formula is C20H28N4O2S. The van der Waals surface area contributed by atoms with Crippen molar-refractivity contribution in [2.24, 2.45) is 0 Å². The number of aryl methyl sites for hydroxylation is 1. The Labute approximate surface area is 162 Å². The van der Waals surface area contributed by atoms with E-state index < -0.39 is 10.0 Å². The molecule has 1 aromatic heterocycles. The summed E-state index contributed by atoms with van der Waals surface area (Å²) in [4.78, 5) is 8.91. The quantitative estimate of drug-likeness (QED) is 0.788. The minimum Gasteiger partial charge on any atom is -0.369 e. The maximum Gasteiger partial charge on any atom is 0.242 e. The molecule has 146 valence electrons. The fourth-order valence-electron chi connectivity index (χ4n) is 3.33. The molecule has 0 radical (unpaired) electrons. The molecule has 1 atom stereocenters. The molecule has 6 nitrogen and oxygen atoms in total. The number of rotatable bonds is 7. The molecule has 0 spiro atoms. The van der Waals surface area contributed by atoms with Crippen molar-refractivity contribution in [1.29, 1.82) is 0 Å². The van der Waals surface area contributed by atoms with Gasteiger partial charge in [0.05, 0.1) is 0 Å². The third-order valence-corrected chi connectivity index (χ3v) is 6.49. The highest BCUT2D eigenvalue weighted by Gasteiger charge is 2.20. The van der Waals surface area contributed by atoms with E-state index in [9.17, 15) is 8.42 Å². The van der Waals surface area contributed by atoms with Crippen molar-refractivity contribution < 1.29 is 8.42 Å². The number of hydrogen-bond acceptors (Lipinski definition) is 5. The number of benzene rings is 1. The fourth-order valence-corrected chi connectivity index (χ4v) is 4.57. The number of hydrogen-bond donors (Lipinski definition) is 1. The summed E-state index contributed by atoms with van der Waals surface area (Å²) < 4.78 is 27.4. The lowest BCUT2D eigenvalue weighted by Crippen LogP contribution is -2.47. The molecule has 27 heavy (non-hydrogen) atoms. The predicted molar refractivity (Wildman–Crippen MR) is 108 cm³/mol. The van der Waals surface area contributed by atoms with Gasteiger partial charge in [-0.3, -0.25) is 9.88 Å². The summed E-state index contributed by atoms with van der Waals surface area (Å²) >= 11 is 0. The van der Waals surface area contributed by atoms with E-state index in [1.165, 1.54) is 17.4 Å². The highest BCUT2D eigenvalue weighted by Crippen LogP contribution is 2.18. The third kappa shape index (κ3) is 5.51. The van der Waals surface area contributed by atoms with Crippen LogP contribution in [0.1, 0.15) is 18.9 Å². The van der Waals surface area contributed by atoms with Crippen molar-refractivity contribution in [3.63, 3.8) is 0 Å². The number of anilines is 1. The standard InChI is InChI=1S/C20H28N4O2S/c1-17-5-3-6-19(15-17)24-13-11-23(12-14-24)10-8-18(2)22-27(25,26)20-7-4-9-21-16-20/h3-7,9,15-16,18,22H,8,10-14H2,1-2H3. The Bertz CT molecular complexity index is 834. The molecule has 1 aliphatic heterocycles. The monoisotopic (exact) mass is 388 g/mol. The van der Waals surface area contributed by atoms with Gasteiger partial charge in [0.2, 0.25) is 10.0 Å². The van der Waals surface area contributed by atoms with Crippen molar-refractivity contribution in [1.82, 2.24) is 14.6 Å². The molecule has 0 bridgehead atoms. The van der Waals surface area contributed by atoms with Crippen LogP contribution in [0.15, 0.2) is 53.7 Å². The van der Waals surface area contributed by atoms with E-state index in [1.807, 2.05) is 6.92 Å². The average Bonchev–Trinajstić information content (AvgIpc) is 2.67. The molecule has 0 saturated carbocycles. The Morgan fingerprint density at radius 2 is 1.93 bits per heavy atom. The molecule has 1 unspecified atom stereocenters. The van der Waals surface area contributed by atoms with Crippen LogP contribution in [-0.4, -0.2) is 57.1 Å². The lowest BCUT2D eigenvalue weighted by atomic mass is 10.2. The SMILES string of the molecule is Cc1cccc(N2CCN(CCC(C)NS(=O)(=O)c3cccnc3)CC2)c1. The van der Waals surface area contributed by atoms with Crippen LogP contribution in [0.5, 0.6) is 0 Å². The smallest absolute Gasteiger partial charge is 0.242 e. The first-order chi connectivity index (χ1) is 12.9. The van der Waals surface area contributed by atoms with Crippen molar-refractivity contribution in [3.8, 4) is 0 Å². The van der Waals surface area contributed by atoms with Crippen LogP contribution in [0.25, 0.3) is 0 Å². The van der Waals surface area contributed by atoms with Gasteiger partial charge in [0.1, 0.15) is 4.90 Å². The zero-order chi connectivity index (χ0) is 19.3. The molecule has 2 aromatic rings. The van der Waals surface area contributed by atoms with Crippen LogP contribution in [0.3, 0.4) is 0 Å². The molecule has 1 fully saturated rings. The van der Waals surface area contributed by atoms with E-state index in [4.69, 9.17) is 0 Å². The van der Waals surface area contributed by atoms with Crippen molar-refractivity contribution in [2.75, 3.05) is 37.6 Å². The second kappa shape index (κ2) is 8.82. The van der Waals surface area contributed by atoms with Crippen molar-refractivity contribution in [3.05, 3.63) is 54.4 Å². The van der Waals surface area contributed by atoms with E-state index in [1.54, 1.807) is 18.3 Å². The molecule has 3 rings (SSSR count). The van der Waals surface area contributed by atoms with Crippen LogP contribution in [-0.2, 0) is 10.0 Å². The van der Waals surface area contributed by atoms with Gasteiger partial charge < -0.3 is 4.90 Å². The first-order valence-corrected chi connectivity index (χ1v) is 10.9. The summed E-state index contributed by atoms with van der Waals surface area (Å²) in [7, 11) is -3.50. The normalized spacial score (nSPS) is 17.0. The predicted octanol–water partition coefficient (Wildman–Crippen LogP) is 2.27. The van der Waals surface area contributed by atoms with Gasteiger partial charge in [-0.15, -0.1) is 0 Å². The lowest BCUT2D eigenvalue weighted by molar-refractivity contribution is 0.248. The molecule has 0 amide bonds. The maximum absolute atomic E-state index is 12.3. The Morgan fingerprint density at radius 3 is 2.59 bits per heavy atom. The van der Waals surface area contributed by atoms with Gasteiger partial charge in [0, 0.05) is 50.3 Å². The highest BCUT2D eigenvalue weighted by atomic mass is 32.2. The molecule has 1 aliphatic rings. The van der Waals surface area contributed by atoms with Gasteiger partial charge in [0.15, 0.2) is 0 Å².